The topological polar surface area (TPSA) is 72.2 Å². The summed E-state index contributed by atoms with van der Waals surface area (Å²) in [6.45, 7) is 0.590. The van der Waals surface area contributed by atoms with Crippen LogP contribution < -0.4 is 5.56 Å². The van der Waals surface area contributed by atoms with Gasteiger partial charge in [-0.3, -0.25) is 4.79 Å². The average Bonchev–Trinajstić information content (AvgIpc) is 2.41. The molecule has 0 spiro atoms. The van der Waals surface area contributed by atoms with Crippen LogP contribution in [0.1, 0.15) is 10.4 Å². The molecule has 19 heavy (non-hydrogen) atoms. The van der Waals surface area contributed by atoms with Crippen molar-refractivity contribution in [3.05, 3.63) is 58.6 Å². The first-order valence-corrected chi connectivity index (χ1v) is 6.63. The Labute approximate surface area is 113 Å². The Balaban J connectivity index is 1.91. The molecular weight excluding hydrogens is 264 g/mol. The molecule has 0 unspecified atom stereocenters. The summed E-state index contributed by atoms with van der Waals surface area (Å²) in [5, 5.41) is 9.49. The lowest BCUT2D eigenvalue weighted by Gasteiger charge is -2.04. The van der Waals surface area contributed by atoms with Gasteiger partial charge in [0, 0.05) is 30.8 Å². The second-order valence-electron chi connectivity index (χ2n) is 3.77. The van der Waals surface area contributed by atoms with E-state index < -0.39 is 5.97 Å². The molecule has 0 bridgehead atoms. The third kappa shape index (κ3) is 3.69. The number of hydrogen-bond donors (Lipinski definition) is 1. The van der Waals surface area contributed by atoms with Gasteiger partial charge in [-0.25, -0.2) is 9.78 Å². The fourth-order valence-electron chi connectivity index (χ4n) is 1.49. The molecular formula is C13H12N2O3S. The highest BCUT2D eigenvalue weighted by atomic mass is 32.2. The number of aromatic nitrogens is 2. The van der Waals surface area contributed by atoms with E-state index in [0.29, 0.717) is 12.3 Å². The summed E-state index contributed by atoms with van der Waals surface area (Å²) in [6.07, 6.45) is 3.07. The summed E-state index contributed by atoms with van der Waals surface area (Å²) < 4.78 is 1.62. The van der Waals surface area contributed by atoms with E-state index in [2.05, 4.69) is 4.98 Å². The summed E-state index contributed by atoms with van der Waals surface area (Å²) in [6, 6.07) is 8.23. The number of aryl methyl sites for hydroxylation is 1. The van der Waals surface area contributed by atoms with Gasteiger partial charge in [-0.2, -0.15) is 0 Å². The van der Waals surface area contributed by atoms with Crippen molar-refractivity contribution in [2.75, 3.05) is 5.75 Å². The number of rotatable bonds is 5. The van der Waals surface area contributed by atoms with E-state index in [1.807, 2.05) is 6.07 Å². The number of thioether (sulfide) groups is 1. The summed E-state index contributed by atoms with van der Waals surface area (Å²) in [7, 11) is 0. The molecule has 0 amide bonds. The highest BCUT2D eigenvalue weighted by Gasteiger charge is 2.03. The van der Waals surface area contributed by atoms with Crippen molar-refractivity contribution >= 4 is 17.7 Å². The smallest absolute Gasteiger partial charge is 0.337 e. The van der Waals surface area contributed by atoms with Gasteiger partial charge in [-0.05, 0) is 18.2 Å². The van der Waals surface area contributed by atoms with E-state index in [-0.39, 0.29) is 11.1 Å². The second kappa shape index (κ2) is 6.19. The van der Waals surface area contributed by atoms with Gasteiger partial charge in [-0.15, -0.1) is 11.8 Å². The molecule has 2 aromatic heterocycles. The fourth-order valence-corrected chi connectivity index (χ4v) is 2.27. The third-order valence-corrected chi connectivity index (χ3v) is 3.39. The number of nitrogens with zero attached hydrogens (tertiary/aromatic N) is 2. The lowest BCUT2D eigenvalue weighted by Crippen LogP contribution is -2.18. The Morgan fingerprint density at radius 3 is 2.79 bits per heavy atom. The molecule has 1 N–H and O–H groups in total. The Morgan fingerprint density at radius 1 is 1.32 bits per heavy atom. The van der Waals surface area contributed by atoms with Gasteiger partial charge < -0.3 is 9.67 Å². The van der Waals surface area contributed by atoms with E-state index in [0.717, 1.165) is 5.03 Å². The first-order valence-electron chi connectivity index (χ1n) is 5.64. The zero-order valence-electron chi connectivity index (χ0n) is 10.0. The van der Waals surface area contributed by atoms with Crippen molar-refractivity contribution in [2.24, 2.45) is 0 Å². The second-order valence-corrected chi connectivity index (χ2v) is 4.89. The molecule has 98 valence electrons. The number of carboxylic acids is 1. The molecule has 2 heterocycles. The first-order chi connectivity index (χ1) is 9.16. The van der Waals surface area contributed by atoms with Gasteiger partial charge in [0.05, 0.1) is 10.6 Å². The zero-order chi connectivity index (χ0) is 13.7. The van der Waals surface area contributed by atoms with Crippen molar-refractivity contribution in [3.8, 4) is 0 Å². The van der Waals surface area contributed by atoms with E-state index >= 15 is 0 Å². The van der Waals surface area contributed by atoms with Crippen molar-refractivity contribution in [1.29, 1.82) is 0 Å². The fraction of sp³-hybridized carbons (Fsp3) is 0.154. The van der Waals surface area contributed by atoms with Crippen LogP contribution in [0, 0.1) is 0 Å². The van der Waals surface area contributed by atoms with E-state index in [1.165, 1.54) is 30.1 Å². The summed E-state index contributed by atoms with van der Waals surface area (Å²) in [5.41, 5.74) is 0.140. The molecule has 0 aliphatic carbocycles. The van der Waals surface area contributed by atoms with E-state index in [1.54, 1.807) is 22.9 Å². The van der Waals surface area contributed by atoms with Crippen LogP contribution in [0.15, 0.2) is 52.5 Å². The minimum atomic E-state index is -0.986. The van der Waals surface area contributed by atoms with Crippen LogP contribution in [0.3, 0.4) is 0 Å². The van der Waals surface area contributed by atoms with Crippen LogP contribution in [0.4, 0.5) is 0 Å². The molecule has 0 aliphatic rings. The largest absolute Gasteiger partial charge is 0.478 e. The Hall–Kier alpha value is -2.08. The van der Waals surface area contributed by atoms with Crippen molar-refractivity contribution in [3.63, 3.8) is 0 Å². The molecule has 0 saturated heterocycles. The lowest BCUT2D eigenvalue weighted by atomic mass is 10.3. The molecule has 0 radical (unpaired) electrons. The van der Waals surface area contributed by atoms with Crippen LogP contribution >= 0.6 is 11.8 Å². The predicted octanol–water partition coefficient (Wildman–Crippen LogP) is 1.73. The molecule has 2 rings (SSSR count). The van der Waals surface area contributed by atoms with Crippen LogP contribution in [-0.4, -0.2) is 26.4 Å². The monoisotopic (exact) mass is 276 g/mol. The van der Waals surface area contributed by atoms with Gasteiger partial charge in [0.15, 0.2) is 0 Å². The molecule has 0 fully saturated rings. The van der Waals surface area contributed by atoms with Crippen LogP contribution in [0.25, 0.3) is 0 Å². The molecule has 5 nitrogen and oxygen atoms in total. The minimum absolute atomic E-state index is 0.0303. The van der Waals surface area contributed by atoms with Gasteiger partial charge in [0.2, 0.25) is 0 Å². The maximum Gasteiger partial charge on any atom is 0.337 e. The maximum atomic E-state index is 11.5. The normalized spacial score (nSPS) is 10.3. The van der Waals surface area contributed by atoms with Crippen molar-refractivity contribution in [2.45, 2.75) is 11.6 Å². The van der Waals surface area contributed by atoms with E-state index in [9.17, 15) is 9.59 Å². The Kier molecular flexibility index (Phi) is 4.35. The average molecular weight is 276 g/mol. The van der Waals surface area contributed by atoms with Gasteiger partial charge in [0.1, 0.15) is 0 Å². The highest BCUT2D eigenvalue weighted by Crippen LogP contribution is 2.15. The number of pyridine rings is 2. The number of carboxylic acid groups (broad SMARTS) is 1. The van der Waals surface area contributed by atoms with E-state index in [4.69, 9.17) is 5.11 Å². The number of hydrogen-bond acceptors (Lipinski definition) is 4. The molecule has 0 atom stereocenters. The van der Waals surface area contributed by atoms with Gasteiger partial charge in [-0.1, -0.05) is 6.07 Å². The highest BCUT2D eigenvalue weighted by molar-refractivity contribution is 7.99. The SMILES string of the molecule is O=C(O)c1ccc(SCCn2ccccc2=O)nc1. The molecule has 0 aliphatic heterocycles. The Bertz CT molecular complexity index is 622. The standard InChI is InChI=1S/C13H12N2O3S/c16-12-3-1-2-6-15(12)7-8-19-11-5-4-10(9-14-11)13(17)18/h1-6,9H,7-8H2,(H,17,18). The molecule has 2 aromatic rings. The summed E-state index contributed by atoms with van der Waals surface area (Å²) in [4.78, 5) is 26.2. The predicted molar refractivity (Wildman–Crippen MR) is 72.6 cm³/mol. The summed E-state index contributed by atoms with van der Waals surface area (Å²) in [5.74, 6) is -0.288. The number of carbonyl (C=O) groups is 1. The van der Waals surface area contributed by atoms with Gasteiger partial charge >= 0.3 is 5.97 Å². The third-order valence-electron chi connectivity index (χ3n) is 2.46. The first kappa shape index (κ1) is 13.4. The zero-order valence-corrected chi connectivity index (χ0v) is 10.8. The van der Waals surface area contributed by atoms with Gasteiger partial charge in [0.25, 0.3) is 5.56 Å². The van der Waals surface area contributed by atoms with Crippen molar-refractivity contribution < 1.29 is 9.90 Å². The van der Waals surface area contributed by atoms with Crippen molar-refractivity contribution in [1.82, 2.24) is 9.55 Å². The van der Waals surface area contributed by atoms with Crippen LogP contribution in [0.2, 0.25) is 0 Å². The quantitative estimate of drug-likeness (QED) is 0.842. The van der Waals surface area contributed by atoms with Crippen LogP contribution in [0.5, 0.6) is 0 Å². The lowest BCUT2D eigenvalue weighted by molar-refractivity contribution is 0.0696. The minimum Gasteiger partial charge on any atom is -0.478 e. The molecule has 6 heteroatoms. The number of aromatic carboxylic acids is 1. The molecule has 0 aromatic carbocycles. The maximum absolute atomic E-state index is 11.5. The Morgan fingerprint density at radius 2 is 2.16 bits per heavy atom. The molecule has 0 saturated carbocycles. The summed E-state index contributed by atoms with van der Waals surface area (Å²) >= 11 is 1.48. The van der Waals surface area contributed by atoms with Crippen LogP contribution in [-0.2, 0) is 6.54 Å².